The van der Waals surface area contributed by atoms with Gasteiger partial charge in [-0.3, -0.25) is 14.2 Å². The van der Waals surface area contributed by atoms with Crippen molar-refractivity contribution in [1.29, 1.82) is 0 Å². The van der Waals surface area contributed by atoms with Gasteiger partial charge in [-0.05, 0) is 48.2 Å². The molecule has 236 valence electrons. The van der Waals surface area contributed by atoms with Gasteiger partial charge in [0.05, 0.1) is 18.3 Å². The molecule has 2 atom stereocenters. The van der Waals surface area contributed by atoms with Crippen molar-refractivity contribution in [2.45, 2.75) is 38.1 Å². The van der Waals surface area contributed by atoms with Crippen molar-refractivity contribution < 1.29 is 9.53 Å². The third kappa shape index (κ3) is 6.34. The molecule has 0 spiro atoms. The second kappa shape index (κ2) is 13.3. The number of fused-ring (bicyclic) bond motifs is 1. The summed E-state index contributed by atoms with van der Waals surface area (Å²) in [5, 5.41) is 11.0. The maximum atomic E-state index is 13.6. The van der Waals surface area contributed by atoms with Gasteiger partial charge < -0.3 is 20.3 Å². The van der Waals surface area contributed by atoms with Crippen LogP contribution in [-0.4, -0.2) is 49.3 Å². The zero-order chi connectivity index (χ0) is 32.2. The molecule has 47 heavy (non-hydrogen) atoms. The van der Waals surface area contributed by atoms with Gasteiger partial charge in [-0.1, -0.05) is 66.7 Å². The first-order valence-corrected chi connectivity index (χ1v) is 15.5. The van der Waals surface area contributed by atoms with Crippen molar-refractivity contribution in [3.63, 3.8) is 0 Å². The molecule has 11 heteroatoms. The Hall–Kier alpha value is -5.81. The third-order valence-electron chi connectivity index (χ3n) is 8.39. The molecule has 0 saturated heterocycles. The standard InChI is InChI=1S/C36H34N8O3/c1-47-30-18-17-28(30)40-35(45)27-22-38-44-33(42(23-25-11-4-2-5-12-25)24-26-13-6-3-7-14-26)21-31(41-34(27)44)39-29-15-10-20-43(36(29)46)32-16-8-9-19-37-32/h2-16,19-22,28,30H,17-18,23-24H2,1H3,(H,39,41)(H,40,45)/t28-,30-/m1/s1. The average molecular weight is 627 g/mol. The van der Waals surface area contributed by atoms with Gasteiger partial charge in [0.15, 0.2) is 5.65 Å². The number of carbonyl (C=O) groups is 1. The number of pyridine rings is 2. The molecule has 4 aromatic heterocycles. The van der Waals surface area contributed by atoms with Crippen molar-refractivity contribution >= 4 is 28.9 Å². The van der Waals surface area contributed by atoms with Gasteiger partial charge in [0, 0.05) is 38.7 Å². The number of aromatic nitrogens is 5. The van der Waals surface area contributed by atoms with E-state index in [1.165, 1.54) is 4.57 Å². The molecule has 0 unspecified atom stereocenters. The van der Waals surface area contributed by atoms with Crippen molar-refractivity contribution in [3.8, 4) is 5.82 Å². The molecule has 1 aliphatic carbocycles. The van der Waals surface area contributed by atoms with E-state index >= 15 is 0 Å². The van der Waals surface area contributed by atoms with Gasteiger partial charge in [0.2, 0.25) is 0 Å². The second-order valence-corrected chi connectivity index (χ2v) is 11.5. The van der Waals surface area contributed by atoms with E-state index in [1.54, 1.807) is 54.5 Å². The highest BCUT2D eigenvalue weighted by atomic mass is 16.5. The number of rotatable bonds is 11. The molecule has 7 rings (SSSR count). The molecular weight excluding hydrogens is 592 g/mol. The summed E-state index contributed by atoms with van der Waals surface area (Å²) in [4.78, 5) is 38.6. The van der Waals surface area contributed by atoms with Crippen molar-refractivity contribution in [1.82, 2.24) is 29.5 Å². The molecule has 0 radical (unpaired) electrons. The average Bonchev–Trinajstić information content (AvgIpc) is 3.53. The van der Waals surface area contributed by atoms with Crippen LogP contribution in [0.2, 0.25) is 0 Å². The van der Waals surface area contributed by atoms with Crippen LogP contribution >= 0.6 is 0 Å². The van der Waals surface area contributed by atoms with Gasteiger partial charge in [-0.2, -0.15) is 9.61 Å². The predicted octanol–water partition coefficient (Wildman–Crippen LogP) is 5.13. The predicted molar refractivity (Wildman–Crippen MR) is 180 cm³/mol. The molecule has 0 aliphatic heterocycles. The number of nitrogens with zero attached hydrogens (tertiary/aromatic N) is 6. The van der Waals surface area contributed by atoms with E-state index in [0.717, 1.165) is 24.0 Å². The lowest BCUT2D eigenvalue weighted by molar-refractivity contribution is 0.00732. The highest BCUT2D eigenvalue weighted by Crippen LogP contribution is 2.28. The molecule has 0 bridgehead atoms. The molecule has 11 nitrogen and oxygen atoms in total. The van der Waals surface area contributed by atoms with Crippen LogP contribution < -0.4 is 21.1 Å². The monoisotopic (exact) mass is 626 g/mol. The Morgan fingerprint density at radius 2 is 1.66 bits per heavy atom. The summed E-state index contributed by atoms with van der Waals surface area (Å²) in [7, 11) is 1.66. The zero-order valence-electron chi connectivity index (χ0n) is 25.9. The summed E-state index contributed by atoms with van der Waals surface area (Å²) in [6, 6.07) is 31.0. The van der Waals surface area contributed by atoms with E-state index in [4.69, 9.17) is 9.72 Å². The SMILES string of the molecule is CO[C@@H]1CC[C@H]1NC(=O)c1cnn2c(N(Cc3ccccc3)Cc3ccccc3)cc(Nc3cccn(-c4ccccn4)c3=O)nc12. The first kappa shape index (κ1) is 29.9. The van der Waals surface area contributed by atoms with Crippen LogP contribution in [0.3, 0.4) is 0 Å². The molecule has 1 saturated carbocycles. The number of methoxy groups -OCH3 is 1. The highest BCUT2D eigenvalue weighted by Gasteiger charge is 2.33. The Morgan fingerprint density at radius 1 is 0.936 bits per heavy atom. The summed E-state index contributed by atoms with van der Waals surface area (Å²) >= 11 is 0. The van der Waals surface area contributed by atoms with Gasteiger partial charge >= 0.3 is 0 Å². The fraction of sp³-hybridized carbons (Fsp3) is 0.194. The van der Waals surface area contributed by atoms with Crippen LogP contribution in [0.15, 0.2) is 120 Å². The first-order chi connectivity index (χ1) is 23.1. The largest absolute Gasteiger partial charge is 0.379 e. The number of anilines is 3. The lowest BCUT2D eigenvalue weighted by atomic mass is 9.89. The normalized spacial score (nSPS) is 15.6. The number of benzene rings is 2. The minimum atomic E-state index is -0.290. The highest BCUT2D eigenvalue weighted by molar-refractivity contribution is 6.00. The van der Waals surface area contributed by atoms with Crippen molar-refractivity contribution in [2.24, 2.45) is 0 Å². The lowest BCUT2D eigenvalue weighted by Gasteiger charge is -2.35. The fourth-order valence-corrected chi connectivity index (χ4v) is 5.79. The smallest absolute Gasteiger partial charge is 0.279 e. The minimum Gasteiger partial charge on any atom is -0.379 e. The van der Waals surface area contributed by atoms with Crippen LogP contribution in [0.5, 0.6) is 0 Å². The Kier molecular flexibility index (Phi) is 8.44. The summed E-state index contributed by atoms with van der Waals surface area (Å²) in [6.07, 6.45) is 6.58. The number of amides is 1. The Bertz CT molecular complexity index is 2000. The fourth-order valence-electron chi connectivity index (χ4n) is 5.79. The van der Waals surface area contributed by atoms with Gasteiger partial charge in [0.1, 0.15) is 28.7 Å². The quantitative estimate of drug-likeness (QED) is 0.203. The molecule has 1 aliphatic rings. The topological polar surface area (TPSA) is 119 Å². The number of ether oxygens (including phenoxy) is 1. The van der Waals surface area contributed by atoms with Crippen LogP contribution in [0, 0.1) is 0 Å². The van der Waals surface area contributed by atoms with Gasteiger partial charge in [-0.25, -0.2) is 9.97 Å². The van der Waals surface area contributed by atoms with E-state index < -0.39 is 0 Å². The first-order valence-electron chi connectivity index (χ1n) is 15.5. The van der Waals surface area contributed by atoms with E-state index in [9.17, 15) is 9.59 Å². The zero-order valence-corrected chi connectivity index (χ0v) is 25.9. The molecule has 1 fully saturated rings. The molecule has 2 aromatic carbocycles. The van der Waals surface area contributed by atoms with Crippen LogP contribution in [0.25, 0.3) is 11.5 Å². The molecule has 1 amide bonds. The second-order valence-electron chi connectivity index (χ2n) is 11.5. The summed E-state index contributed by atoms with van der Waals surface area (Å²) in [5.74, 6) is 1.31. The van der Waals surface area contributed by atoms with E-state index in [0.29, 0.717) is 47.4 Å². The van der Waals surface area contributed by atoms with Crippen molar-refractivity contribution in [3.05, 3.63) is 143 Å². The van der Waals surface area contributed by atoms with E-state index in [1.807, 2.05) is 48.5 Å². The molecule has 6 aromatic rings. The van der Waals surface area contributed by atoms with Crippen molar-refractivity contribution in [2.75, 3.05) is 17.3 Å². The number of hydrogen-bond donors (Lipinski definition) is 2. The van der Waals surface area contributed by atoms with Crippen LogP contribution in [-0.2, 0) is 17.8 Å². The summed E-state index contributed by atoms with van der Waals surface area (Å²) in [6.45, 7) is 1.12. The number of hydrogen-bond acceptors (Lipinski definition) is 8. The Balaban J connectivity index is 1.33. The van der Waals surface area contributed by atoms with E-state index in [2.05, 4.69) is 49.9 Å². The van der Waals surface area contributed by atoms with Gasteiger partial charge in [0.25, 0.3) is 11.5 Å². The Labute approximate surface area is 271 Å². The molecule has 2 N–H and O–H groups in total. The Morgan fingerprint density at radius 3 is 2.30 bits per heavy atom. The lowest BCUT2D eigenvalue weighted by Crippen LogP contribution is -2.51. The number of nitrogens with one attached hydrogen (secondary N) is 2. The van der Waals surface area contributed by atoms with E-state index in [-0.39, 0.29) is 23.6 Å². The van der Waals surface area contributed by atoms with Crippen LogP contribution in [0.4, 0.5) is 17.3 Å². The maximum Gasteiger partial charge on any atom is 0.279 e. The minimum absolute atomic E-state index is 0.0203. The molecular formula is C36H34N8O3. The number of carbonyl (C=O) groups excluding carboxylic acids is 1. The third-order valence-corrected chi connectivity index (χ3v) is 8.39. The van der Waals surface area contributed by atoms with Crippen LogP contribution in [0.1, 0.15) is 34.3 Å². The maximum absolute atomic E-state index is 13.6. The molecule has 4 heterocycles. The summed E-state index contributed by atoms with van der Waals surface area (Å²) < 4.78 is 8.67. The van der Waals surface area contributed by atoms with Gasteiger partial charge in [-0.15, -0.1) is 0 Å². The summed E-state index contributed by atoms with van der Waals surface area (Å²) in [5.41, 5.74) is 2.91.